The van der Waals surface area contributed by atoms with Crippen molar-refractivity contribution in [3.05, 3.63) is 48.2 Å². The molecule has 9 heteroatoms. The summed E-state index contributed by atoms with van der Waals surface area (Å²) in [5.74, 6) is 1.29. The lowest BCUT2D eigenvalue weighted by Gasteiger charge is -2.11. The Balaban J connectivity index is 2.17. The lowest BCUT2D eigenvalue weighted by molar-refractivity contribution is 0.399. The molecule has 0 unspecified atom stereocenters. The molecule has 0 fully saturated rings. The van der Waals surface area contributed by atoms with E-state index in [1.54, 1.807) is 12.1 Å². The maximum atomic E-state index is 11.9. The van der Waals surface area contributed by atoms with E-state index in [1.807, 2.05) is 41.7 Å². The Morgan fingerprint density at radius 2 is 1.78 bits per heavy atom. The first kappa shape index (κ1) is 17.2. The topological polar surface area (TPSA) is 98.5 Å². The third-order valence-electron chi connectivity index (χ3n) is 4.07. The highest BCUT2D eigenvalue weighted by Crippen LogP contribution is 2.31. The van der Waals surface area contributed by atoms with Crippen molar-refractivity contribution in [1.29, 1.82) is 0 Å². The van der Waals surface area contributed by atoms with Gasteiger partial charge in [-0.15, -0.1) is 0 Å². The molecule has 1 aromatic carbocycles. The molecule has 27 heavy (non-hydrogen) atoms. The number of nitrogens with one attached hydrogen (secondary N) is 1. The van der Waals surface area contributed by atoms with Crippen molar-refractivity contribution in [3.8, 4) is 17.3 Å². The van der Waals surface area contributed by atoms with Gasteiger partial charge in [0.15, 0.2) is 11.5 Å². The average Bonchev–Trinajstić information content (AvgIpc) is 2.99. The molecule has 4 aromatic rings. The number of pyridine rings is 1. The molecule has 4 rings (SSSR count). The summed E-state index contributed by atoms with van der Waals surface area (Å²) in [7, 11) is -1.98. The van der Waals surface area contributed by atoms with Crippen LogP contribution in [0.5, 0.6) is 5.88 Å². The molecular weight excluding hydrogens is 366 g/mol. The third kappa shape index (κ3) is 3.06. The number of aromatic nitrogens is 4. The van der Waals surface area contributed by atoms with Gasteiger partial charge >= 0.3 is 0 Å². The largest absolute Gasteiger partial charge is 0.481 e. The van der Waals surface area contributed by atoms with E-state index in [4.69, 9.17) is 4.74 Å². The second kappa shape index (κ2) is 6.20. The maximum Gasteiger partial charge on any atom is 0.231 e. The van der Waals surface area contributed by atoms with Gasteiger partial charge in [0.1, 0.15) is 16.9 Å². The highest BCUT2D eigenvalue weighted by atomic mass is 32.2. The summed E-state index contributed by atoms with van der Waals surface area (Å²) in [5, 5.41) is 0. The molecule has 0 saturated carbocycles. The van der Waals surface area contributed by atoms with Gasteiger partial charge in [-0.05, 0) is 13.0 Å². The van der Waals surface area contributed by atoms with Gasteiger partial charge in [-0.3, -0.25) is 9.12 Å². The zero-order chi connectivity index (χ0) is 19.2. The Labute approximate surface area is 155 Å². The van der Waals surface area contributed by atoms with Gasteiger partial charge in [-0.2, -0.15) is 4.98 Å². The number of ether oxygens (including phenoxy) is 1. The zero-order valence-electron chi connectivity index (χ0n) is 15.0. The van der Waals surface area contributed by atoms with E-state index in [1.165, 1.54) is 7.11 Å². The molecule has 0 spiro atoms. The Bertz CT molecular complexity index is 1270. The number of nitrogens with zero attached hydrogens (tertiary/aromatic N) is 4. The Morgan fingerprint density at radius 1 is 1.04 bits per heavy atom. The van der Waals surface area contributed by atoms with Crippen molar-refractivity contribution in [3.63, 3.8) is 0 Å². The van der Waals surface area contributed by atoms with Gasteiger partial charge < -0.3 is 4.74 Å². The van der Waals surface area contributed by atoms with Crippen molar-refractivity contribution in [1.82, 2.24) is 19.4 Å². The fraction of sp³-hybridized carbons (Fsp3) is 0.167. The standard InChI is InChI=1S/C18H17N5O3S/c1-11-15-16(22-27(3,24)25)20-13-9-10-14(26-2)21-18(13)23(15)17(19-11)12-7-5-4-6-8-12/h4-10H,1-3H3,(H,20,22). The van der Waals surface area contributed by atoms with Gasteiger partial charge in [-0.1, -0.05) is 30.3 Å². The summed E-state index contributed by atoms with van der Waals surface area (Å²) in [5.41, 5.74) is 3.11. The van der Waals surface area contributed by atoms with Gasteiger partial charge in [0.2, 0.25) is 15.9 Å². The number of benzene rings is 1. The van der Waals surface area contributed by atoms with E-state index in [9.17, 15) is 8.42 Å². The van der Waals surface area contributed by atoms with Crippen LogP contribution in [-0.2, 0) is 10.0 Å². The zero-order valence-corrected chi connectivity index (χ0v) is 15.8. The molecule has 3 aromatic heterocycles. The summed E-state index contributed by atoms with van der Waals surface area (Å²) >= 11 is 0. The van der Waals surface area contributed by atoms with Gasteiger partial charge in [0, 0.05) is 11.6 Å². The number of hydrogen-bond acceptors (Lipinski definition) is 6. The molecule has 0 aliphatic heterocycles. The summed E-state index contributed by atoms with van der Waals surface area (Å²) < 4.78 is 33.3. The molecule has 0 aliphatic rings. The maximum absolute atomic E-state index is 11.9. The van der Waals surface area contributed by atoms with E-state index in [0.717, 1.165) is 11.8 Å². The van der Waals surface area contributed by atoms with Crippen LogP contribution in [0.3, 0.4) is 0 Å². The van der Waals surface area contributed by atoms with E-state index >= 15 is 0 Å². The highest BCUT2D eigenvalue weighted by molar-refractivity contribution is 7.92. The summed E-state index contributed by atoms with van der Waals surface area (Å²) in [6.07, 6.45) is 1.09. The minimum atomic E-state index is -3.52. The lowest BCUT2D eigenvalue weighted by atomic mass is 10.2. The minimum absolute atomic E-state index is 0.212. The van der Waals surface area contributed by atoms with Crippen LogP contribution in [-0.4, -0.2) is 41.1 Å². The van der Waals surface area contributed by atoms with Crippen molar-refractivity contribution in [2.45, 2.75) is 6.92 Å². The molecule has 3 heterocycles. The lowest BCUT2D eigenvalue weighted by Crippen LogP contribution is -2.13. The average molecular weight is 383 g/mol. The molecule has 0 atom stereocenters. The predicted molar refractivity (Wildman–Crippen MR) is 103 cm³/mol. The number of imidazole rings is 1. The van der Waals surface area contributed by atoms with Crippen molar-refractivity contribution in [2.75, 3.05) is 18.1 Å². The number of rotatable bonds is 4. The number of aryl methyl sites for hydroxylation is 1. The van der Waals surface area contributed by atoms with Crippen molar-refractivity contribution < 1.29 is 13.2 Å². The van der Waals surface area contributed by atoms with Crippen LogP contribution in [0.1, 0.15) is 5.69 Å². The molecule has 0 bridgehead atoms. The molecule has 0 saturated heterocycles. The second-order valence-corrected chi connectivity index (χ2v) is 7.85. The summed E-state index contributed by atoms with van der Waals surface area (Å²) in [6.45, 7) is 1.81. The van der Waals surface area contributed by atoms with Gasteiger partial charge in [0.25, 0.3) is 0 Å². The molecular formula is C18H17N5O3S. The second-order valence-electron chi connectivity index (χ2n) is 6.10. The number of anilines is 1. The number of sulfonamides is 1. The summed E-state index contributed by atoms with van der Waals surface area (Å²) in [4.78, 5) is 13.6. The molecule has 0 aliphatic carbocycles. The molecule has 138 valence electrons. The Morgan fingerprint density at radius 3 is 2.44 bits per heavy atom. The van der Waals surface area contributed by atoms with Gasteiger partial charge in [-0.25, -0.2) is 18.4 Å². The van der Waals surface area contributed by atoms with Crippen LogP contribution < -0.4 is 9.46 Å². The number of hydrogen-bond donors (Lipinski definition) is 1. The SMILES string of the molecule is COc1ccc2nc(NS(C)(=O)=O)c3c(C)nc(-c4ccccc4)n3c2n1. The predicted octanol–water partition coefficient (Wildman–Crippen LogP) is 2.63. The van der Waals surface area contributed by atoms with Gasteiger partial charge in [0.05, 0.1) is 19.1 Å². The van der Waals surface area contributed by atoms with E-state index in [-0.39, 0.29) is 5.82 Å². The first-order valence-electron chi connectivity index (χ1n) is 8.14. The quantitative estimate of drug-likeness (QED) is 0.582. The van der Waals surface area contributed by atoms with Crippen LogP contribution in [0.15, 0.2) is 42.5 Å². The third-order valence-corrected chi connectivity index (χ3v) is 4.64. The fourth-order valence-electron chi connectivity index (χ4n) is 3.00. The Kier molecular flexibility index (Phi) is 3.96. The molecule has 0 radical (unpaired) electrons. The van der Waals surface area contributed by atoms with E-state index in [2.05, 4.69) is 19.7 Å². The molecule has 0 amide bonds. The molecule has 1 N–H and O–H groups in total. The number of fused-ring (bicyclic) bond motifs is 3. The van der Waals surface area contributed by atoms with Crippen molar-refractivity contribution in [2.24, 2.45) is 0 Å². The first-order chi connectivity index (χ1) is 12.9. The normalized spacial score (nSPS) is 11.8. The van der Waals surface area contributed by atoms with Crippen LogP contribution in [0.4, 0.5) is 5.82 Å². The molecule has 8 nitrogen and oxygen atoms in total. The van der Waals surface area contributed by atoms with Crippen LogP contribution >= 0.6 is 0 Å². The Hall–Kier alpha value is -3.20. The summed E-state index contributed by atoms with van der Waals surface area (Å²) in [6, 6.07) is 13.0. The van der Waals surface area contributed by atoms with E-state index in [0.29, 0.717) is 34.1 Å². The van der Waals surface area contributed by atoms with Crippen LogP contribution in [0, 0.1) is 6.92 Å². The van der Waals surface area contributed by atoms with Crippen molar-refractivity contribution >= 4 is 32.5 Å². The first-order valence-corrected chi connectivity index (χ1v) is 10.0. The van der Waals surface area contributed by atoms with Crippen LogP contribution in [0.25, 0.3) is 28.1 Å². The number of methoxy groups -OCH3 is 1. The smallest absolute Gasteiger partial charge is 0.231 e. The fourth-order valence-corrected chi connectivity index (χ4v) is 3.50. The highest BCUT2D eigenvalue weighted by Gasteiger charge is 2.20. The monoisotopic (exact) mass is 383 g/mol. The van der Waals surface area contributed by atoms with E-state index < -0.39 is 10.0 Å². The minimum Gasteiger partial charge on any atom is -0.481 e. The van der Waals surface area contributed by atoms with Crippen LogP contribution in [0.2, 0.25) is 0 Å².